The van der Waals surface area contributed by atoms with E-state index in [0.29, 0.717) is 0 Å². The highest BCUT2D eigenvalue weighted by molar-refractivity contribution is 5.93. The summed E-state index contributed by atoms with van der Waals surface area (Å²) in [6.07, 6.45) is 3.92. The van der Waals surface area contributed by atoms with E-state index in [9.17, 15) is 0 Å². The average Bonchev–Trinajstić information content (AvgIpc) is 3.29. The fraction of sp³-hybridized carbons (Fsp3) is 0.423. The van der Waals surface area contributed by atoms with Gasteiger partial charge in [0.2, 0.25) is 0 Å². The summed E-state index contributed by atoms with van der Waals surface area (Å²) in [5, 5.41) is 4.88. The molecule has 5 rings (SSSR count). The van der Waals surface area contributed by atoms with Gasteiger partial charge in [-0.3, -0.25) is 4.90 Å². The van der Waals surface area contributed by atoms with Crippen LogP contribution in [-0.2, 0) is 0 Å². The molecule has 2 aliphatic heterocycles. The summed E-state index contributed by atoms with van der Waals surface area (Å²) >= 11 is 0. The highest BCUT2D eigenvalue weighted by Crippen LogP contribution is 2.29. The highest BCUT2D eigenvalue weighted by Gasteiger charge is 2.29. The molecule has 2 aromatic carbocycles. The smallest absolute Gasteiger partial charge is 0.118 e. The molecule has 1 unspecified atom stereocenters. The van der Waals surface area contributed by atoms with Gasteiger partial charge in [0, 0.05) is 48.9 Å². The maximum absolute atomic E-state index is 5.30. The third-order valence-corrected chi connectivity index (χ3v) is 6.74. The van der Waals surface area contributed by atoms with Crippen LogP contribution in [0.15, 0.2) is 54.6 Å². The zero-order valence-corrected chi connectivity index (χ0v) is 20.8. The third-order valence-electron chi connectivity index (χ3n) is 6.74. The van der Waals surface area contributed by atoms with Gasteiger partial charge in [-0.2, -0.15) is 0 Å². The van der Waals surface area contributed by atoms with Crippen molar-refractivity contribution in [1.29, 1.82) is 0 Å². The van der Waals surface area contributed by atoms with Crippen LogP contribution in [0.1, 0.15) is 19.3 Å². The van der Waals surface area contributed by atoms with Gasteiger partial charge in [-0.15, -0.1) is 24.8 Å². The van der Waals surface area contributed by atoms with Gasteiger partial charge in [0.1, 0.15) is 5.75 Å². The molecule has 0 spiro atoms. The number of aromatic nitrogens is 1. The van der Waals surface area contributed by atoms with Crippen LogP contribution in [-0.4, -0.2) is 67.2 Å². The van der Waals surface area contributed by atoms with Gasteiger partial charge < -0.3 is 15.0 Å². The lowest BCUT2D eigenvalue weighted by Gasteiger charge is -2.37. The molecule has 1 aromatic heterocycles. The Balaban J connectivity index is 0.00000153. The minimum Gasteiger partial charge on any atom is -0.497 e. The fourth-order valence-corrected chi connectivity index (χ4v) is 5.02. The first kappa shape index (κ1) is 25.6. The second-order valence-electron chi connectivity index (χ2n) is 8.71. The van der Waals surface area contributed by atoms with Crippen LogP contribution >= 0.6 is 24.8 Å². The molecule has 0 saturated carbocycles. The first-order valence-electron chi connectivity index (χ1n) is 11.5. The molecule has 1 atom stereocenters. The number of para-hydroxylation sites is 1. The normalized spacial score (nSPS) is 18.3. The Bertz CT molecular complexity index is 1030. The minimum absolute atomic E-state index is 0. The molecule has 178 valence electrons. The van der Waals surface area contributed by atoms with Crippen molar-refractivity contribution in [3.8, 4) is 17.0 Å². The number of nitrogens with one attached hydrogen (secondary N) is 1. The number of ether oxygens (including phenoxy) is 1. The first-order chi connectivity index (χ1) is 15.3. The SMILES string of the molecule is COc1ccc(-c2cc(NCCCN3CCN4CCCC4C3)c3ccccc3n2)cc1.Cl.Cl. The number of benzene rings is 2. The Morgan fingerprint density at radius 1 is 1.03 bits per heavy atom. The average molecular weight is 489 g/mol. The van der Waals surface area contributed by atoms with E-state index in [-0.39, 0.29) is 24.8 Å². The number of hydrogen-bond acceptors (Lipinski definition) is 5. The minimum atomic E-state index is 0. The van der Waals surface area contributed by atoms with E-state index >= 15 is 0 Å². The van der Waals surface area contributed by atoms with Crippen molar-refractivity contribution in [2.45, 2.75) is 25.3 Å². The maximum atomic E-state index is 5.30. The van der Waals surface area contributed by atoms with Crippen molar-refractivity contribution in [2.75, 3.05) is 51.7 Å². The number of anilines is 1. The van der Waals surface area contributed by atoms with Gasteiger partial charge in [-0.25, -0.2) is 4.98 Å². The van der Waals surface area contributed by atoms with Crippen molar-refractivity contribution in [2.24, 2.45) is 0 Å². The standard InChI is InChI=1S/C26H32N4O.2ClH/c1-31-22-11-9-20(10-12-22)25-18-26(23-7-2-3-8-24(23)28-25)27-13-5-14-29-16-17-30-15-4-6-21(30)19-29;;/h2-3,7-12,18,21H,4-6,13-17,19H2,1H3,(H,27,28);2*1H. The molecule has 3 aromatic rings. The summed E-state index contributed by atoms with van der Waals surface area (Å²) in [7, 11) is 1.69. The highest BCUT2D eigenvalue weighted by atomic mass is 35.5. The van der Waals surface area contributed by atoms with Gasteiger partial charge in [-0.1, -0.05) is 18.2 Å². The molecule has 0 amide bonds. The van der Waals surface area contributed by atoms with Crippen molar-refractivity contribution in [3.05, 3.63) is 54.6 Å². The Morgan fingerprint density at radius 2 is 1.85 bits per heavy atom. The molecule has 5 nitrogen and oxygen atoms in total. The van der Waals surface area contributed by atoms with E-state index in [4.69, 9.17) is 9.72 Å². The van der Waals surface area contributed by atoms with Gasteiger partial charge >= 0.3 is 0 Å². The number of halogens is 2. The fourth-order valence-electron chi connectivity index (χ4n) is 5.02. The van der Waals surface area contributed by atoms with Crippen LogP contribution in [0, 0.1) is 0 Å². The summed E-state index contributed by atoms with van der Waals surface area (Å²) in [5.41, 5.74) is 4.28. The lowest BCUT2D eigenvalue weighted by Crippen LogP contribution is -2.50. The monoisotopic (exact) mass is 488 g/mol. The second-order valence-corrected chi connectivity index (χ2v) is 8.71. The van der Waals surface area contributed by atoms with E-state index in [1.54, 1.807) is 7.11 Å². The van der Waals surface area contributed by atoms with Crippen LogP contribution in [0.3, 0.4) is 0 Å². The number of rotatable bonds is 7. The number of fused-ring (bicyclic) bond motifs is 2. The summed E-state index contributed by atoms with van der Waals surface area (Å²) < 4.78 is 5.30. The zero-order chi connectivity index (χ0) is 21.0. The maximum Gasteiger partial charge on any atom is 0.118 e. The molecule has 2 saturated heterocycles. The van der Waals surface area contributed by atoms with E-state index in [0.717, 1.165) is 47.2 Å². The number of methoxy groups -OCH3 is 1. The van der Waals surface area contributed by atoms with E-state index in [1.807, 2.05) is 12.1 Å². The van der Waals surface area contributed by atoms with Gasteiger partial charge in [0.15, 0.2) is 0 Å². The van der Waals surface area contributed by atoms with E-state index < -0.39 is 0 Å². The topological polar surface area (TPSA) is 40.6 Å². The van der Waals surface area contributed by atoms with Crippen molar-refractivity contribution < 1.29 is 4.74 Å². The Morgan fingerprint density at radius 3 is 2.67 bits per heavy atom. The summed E-state index contributed by atoms with van der Waals surface area (Å²) in [4.78, 5) is 10.2. The quantitative estimate of drug-likeness (QED) is 0.454. The lowest BCUT2D eigenvalue weighted by molar-refractivity contribution is 0.104. The predicted octanol–water partition coefficient (Wildman–Crippen LogP) is 5.34. The predicted molar refractivity (Wildman–Crippen MR) is 142 cm³/mol. The molecule has 0 radical (unpaired) electrons. The van der Waals surface area contributed by atoms with Crippen molar-refractivity contribution >= 4 is 41.4 Å². The van der Waals surface area contributed by atoms with Crippen molar-refractivity contribution in [1.82, 2.24) is 14.8 Å². The summed E-state index contributed by atoms with van der Waals surface area (Å²) in [6.45, 7) is 7.17. The molecular weight excluding hydrogens is 455 g/mol. The van der Waals surface area contributed by atoms with E-state index in [1.165, 1.54) is 51.0 Å². The summed E-state index contributed by atoms with van der Waals surface area (Å²) in [5.74, 6) is 0.862. The first-order valence-corrected chi connectivity index (χ1v) is 11.5. The number of piperazine rings is 1. The van der Waals surface area contributed by atoms with Crippen LogP contribution in [0.5, 0.6) is 5.75 Å². The molecule has 0 aliphatic carbocycles. The van der Waals surface area contributed by atoms with Crippen LogP contribution < -0.4 is 10.1 Å². The number of nitrogens with zero attached hydrogens (tertiary/aromatic N) is 3. The van der Waals surface area contributed by atoms with Crippen LogP contribution in [0.4, 0.5) is 5.69 Å². The lowest BCUT2D eigenvalue weighted by atomic mass is 10.1. The van der Waals surface area contributed by atoms with Crippen LogP contribution in [0.25, 0.3) is 22.2 Å². The molecule has 3 heterocycles. The zero-order valence-electron chi connectivity index (χ0n) is 19.2. The number of hydrogen-bond donors (Lipinski definition) is 1. The van der Waals surface area contributed by atoms with Crippen molar-refractivity contribution in [3.63, 3.8) is 0 Å². The third kappa shape index (κ3) is 5.90. The molecule has 1 N–H and O–H groups in total. The summed E-state index contributed by atoms with van der Waals surface area (Å²) in [6, 6.07) is 19.5. The molecule has 2 fully saturated rings. The Hall–Kier alpha value is -2.05. The van der Waals surface area contributed by atoms with Gasteiger partial charge in [0.25, 0.3) is 0 Å². The molecule has 0 bridgehead atoms. The molecule has 7 heteroatoms. The van der Waals surface area contributed by atoms with Gasteiger partial charge in [0.05, 0.1) is 18.3 Å². The van der Waals surface area contributed by atoms with Crippen LogP contribution in [0.2, 0.25) is 0 Å². The molecule has 33 heavy (non-hydrogen) atoms. The molecular formula is C26H34Cl2N4O. The Labute approximate surface area is 209 Å². The Kier molecular flexibility index (Phi) is 9.21. The number of pyridine rings is 1. The largest absolute Gasteiger partial charge is 0.497 e. The molecule has 2 aliphatic rings. The van der Waals surface area contributed by atoms with Gasteiger partial charge in [-0.05, 0) is 68.8 Å². The van der Waals surface area contributed by atoms with E-state index in [2.05, 4.69) is 57.6 Å². The second kappa shape index (κ2) is 11.9.